The minimum atomic E-state index is 0.133. The molecule has 3 saturated heterocycles. The summed E-state index contributed by atoms with van der Waals surface area (Å²) in [4.78, 5) is 0. The molecule has 3 rings (SSSR count). The summed E-state index contributed by atoms with van der Waals surface area (Å²) in [6, 6.07) is 0. The summed E-state index contributed by atoms with van der Waals surface area (Å²) >= 11 is 0. The number of hydrogen-bond donors (Lipinski definition) is 0. The van der Waals surface area contributed by atoms with Crippen LogP contribution in [-0.4, -0.2) is 24.3 Å². The van der Waals surface area contributed by atoms with Crippen LogP contribution in [0.25, 0.3) is 0 Å². The zero-order valence-electron chi connectivity index (χ0n) is 8.83. The fraction of sp³-hybridized carbons (Fsp3) is 1.00. The molecule has 3 aliphatic rings. The molecule has 76 valence electrons. The Morgan fingerprint density at radius 1 is 1.31 bits per heavy atom. The van der Waals surface area contributed by atoms with Gasteiger partial charge >= 0.3 is 0 Å². The normalized spacial score (nSPS) is 44.3. The average molecular weight is 183 g/mol. The van der Waals surface area contributed by atoms with E-state index in [1.165, 1.54) is 19.3 Å². The van der Waals surface area contributed by atoms with Crippen LogP contribution in [0.4, 0.5) is 0 Å². The standard InChI is InChI=1S/C11H21NO/c1-9(2)7-11-8-12(13)5-3-10(11)4-6-12/h9-11H,3-8H2,1-2H3. The van der Waals surface area contributed by atoms with Gasteiger partial charge in [-0.2, -0.15) is 0 Å². The maximum Gasteiger partial charge on any atom is 0.0815 e. The molecule has 0 aromatic rings. The molecule has 3 aliphatic heterocycles. The maximum absolute atomic E-state index is 12.1. The van der Waals surface area contributed by atoms with E-state index in [0.717, 1.165) is 37.4 Å². The first-order chi connectivity index (χ1) is 6.09. The van der Waals surface area contributed by atoms with Crippen LogP contribution in [0.3, 0.4) is 0 Å². The number of hydroxylamine groups is 3. The van der Waals surface area contributed by atoms with Crippen molar-refractivity contribution in [2.24, 2.45) is 17.8 Å². The predicted octanol–water partition coefficient (Wildman–Crippen LogP) is 2.39. The molecular formula is C11H21NO. The molecule has 0 aromatic carbocycles. The van der Waals surface area contributed by atoms with Crippen molar-refractivity contribution >= 4 is 0 Å². The minimum Gasteiger partial charge on any atom is -0.633 e. The SMILES string of the molecule is CC(C)CC1C[N+]2([O-])CCC1CC2. The second-order valence-corrected chi connectivity index (χ2v) is 5.41. The van der Waals surface area contributed by atoms with Gasteiger partial charge in [0.25, 0.3) is 0 Å². The molecule has 0 saturated carbocycles. The molecule has 2 heteroatoms. The average Bonchev–Trinajstić information content (AvgIpc) is 2.02. The van der Waals surface area contributed by atoms with Crippen LogP contribution in [0.5, 0.6) is 0 Å². The molecule has 3 heterocycles. The summed E-state index contributed by atoms with van der Waals surface area (Å²) in [7, 11) is 0. The van der Waals surface area contributed by atoms with Crippen LogP contribution < -0.4 is 0 Å². The van der Waals surface area contributed by atoms with Crippen molar-refractivity contribution in [1.82, 2.24) is 0 Å². The maximum atomic E-state index is 12.1. The monoisotopic (exact) mass is 183 g/mol. The Kier molecular flexibility index (Phi) is 2.37. The molecular weight excluding hydrogens is 162 g/mol. The molecule has 1 atom stereocenters. The molecule has 0 spiro atoms. The summed E-state index contributed by atoms with van der Waals surface area (Å²) in [5, 5.41) is 12.1. The Bertz CT molecular complexity index is 183. The number of hydrogen-bond acceptors (Lipinski definition) is 1. The van der Waals surface area contributed by atoms with E-state index >= 15 is 0 Å². The van der Waals surface area contributed by atoms with E-state index in [1.54, 1.807) is 0 Å². The third kappa shape index (κ3) is 1.89. The van der Waals surface area contributed by atoms with Crippen molar-refractivity contribution in [1.29, 1.82) is 0 Å². The number of piperidine rings is 3. The molecule has 0 amide bonds. The lowest BCUT2D eigenvalue weighted by Crippen LogP contribution is -2.58. The Hall–Kier alpha value is -0.0800. The number of rotatable bonds is 2. The molecule has 13 heavy (non-hydrogen) atoms. The highest BCUT2D eigenvalue weighted by molar-refractivity contribution is 4.80. The van der Waals surface area contributed by atoms with Crippen molar-refractivity contribution in [3.8, 4) is 0 Å². The van der Waals surface area contributed by atoms with Gasteiger partial charge in [0.1, 0.15) is 0 Å². The fourth-order valence-corrected chi connectivity index (χ4v) is 3.16. The molecule has 0 aromatic heterocycles. The van der Waals surface area contributed by atoms with E-state index in [2.05, 4.69) is 13.8 Å². The lowest BCUT2D eigenvalue weighted by molar-refractivity contribution is -0.901. The lowest BCUT2D eigenvalue weighted by Gasteiger charge is -2.56. The van der Waals surface area contributed by atoms with Crippen molar-refractivity contribution in [3.63, 3.8) is 0 Å². The van der Waals surface area contributed by atoms with Crippen LogP contribution in [0.15, 0.2) is 0 Å². The van der Waals surface area contributed by atoms with E-state index in [-0.39, 0.29) is 4.65 Å². The third-order valence-corrected chi connectivity index (χ3v) is 3.82. The highest BCUT2D eigenvalue weighted by Gasteiger charge is 2.40. The quantitative estimate of drug-likeness (QED) is 0.476. The number of quaternary nitrogens is 1. The van der Waals surface area contributed by atoms with Crippen LogP contribution >= 0.6 is 0 Å². The Balaban J connectivity index is 1.99. The van der Waals surface area contributed by atoms with E-state index in [0.29, 0.717) is 0 Å². The first-order valence-corrected chi connectivity index (χ1v) is 5.66. The molecule has 3 fully saturated rings. The summed E-state index contributed by atoms with van der Waals surface area (Å²) in [6.45, 7) is 7.26. The van der Waals surface area contributed by atoms with Crippen LogP contribution in [0.2, 0.25) is 0 Å². The molecule has 0 aliphatic carbocycles. The van der Waals surface area contributed by atoms with Crippen LogP contribution in [0, 0.1) is 23.0 Å². The van der Waals surface area contributed by atoms with Gasteiger partial charge < -0.3 is 9.85 Å². The Labute approximate surface area is 81.1 Å². The van der Waals surface area contributed by atoms with Gasteiger partial charge in [-0.1, -0.05) is 13.8 Å². The van der Waals surface area contributed by atoms with E-state index < -0.39 is 0 Å². The Morgan fingerprint density at radius 2 is 1.92 bits per heavy atom. The smallest absolute Gasteiger partial charge is 0.0815 e. The van der Waals surface area contributed by atoms with Crippen molar-refractivity contribution in [2.75, 3.05) is 19.6 Å². The summed E-state index contributed by atoms with van der Waals surface area (Å²) < 4.78 is 0.133. The van der Waals surface area contributed by atoms with Crippen molar-refractivity contribution in [2.45, 2.75) is 33.1 Å². The molecule has 2 nitrogen and oxygen atoms in total. The van der Waals surface area contributed by atoms with Crippen LogP contribution in [0.1, 0.15) is 33.1 Å². The molecule has 0 N–H and O–H groups in total. The Morgan fingerprint density at radius 3 is 2.38 bits per heavy atom. The molecule has 0 radical (unpaired) electrons. The second kappa shape index (κ2) is 3.25. The van der Waals surface area contributed by atoms with Gasteiger partial charge in [0.15, 0.2) is 0 Å². The highest BCUT2D eigenvalue weighted by Crippen LogP contribution is 2.39. The summed E-state index contributed by atoms with van der Waals surface area (Å²) in [5.74, 6) is 2.38. The summed E-state index contributed by atoms with van der Waals surface area (Å²) in [5.41, 5.74) is 0. The van der Waals surface area contributed by atoms with Gasteiger partial charge in [0, 0.05) is 18.8 Å². The van der Waals surface area contributed by atoms with Crippen molar-refractivity contribution < 1.29 is 4.65 Å². The molecule has 1 unspecified atom stereocenters. The zero-order chi connectivity index (χ0) is 9.47. The second-order valence-electron chi connectivity index (χ2n) is 5.41. The van der Waals surface area contributed by atoms with Gasteiger partial charge in [0.2, 0.25) is 0 Å². The minimum absolute atomic E-state index is 0.133. The lowest BCUT2D eigenvalue weighted by atomic mass is 9.75. The van der Waals surface area contributed by atoms with Gasteiger partial charge in [0.05, 0.1) is 19.6 Å². The number of fused-ring (bicyclic) bond motifs is 3. The first kappa shape index (κ1) is 9.47. The van der Waals surface area contributed by atoms with Gasteiger partial charge in [-0.3, -0.25) is 0 Å². The fourth-order valence-electron chi connectivity index (χ4n) is 3.16. The van der Waals surface area contributed by atoms with Crippen LogP contribution in [-0.2, 0) is 0 Å². The van der Waals surface area contributed by atoms with E-state index in [9.17, 15) is 5.21 Å². The third-order valence-electron chi connectivity index (χ3n) is 3.82. The highest BCUT2D eigenvalue weighted by atomic mass is 16.5. The zero-order valence-corrected chi connectivity index (χ0v) is 8.83. The van der Waals surface area contributed by atoms with Gasteiger partial charge in [-0.15, -0.1) is 0 Å². The predicted molar refractivity (Wildman–Crippen MR) is 53.9 cm³/mol. The summed E-state index contributed by atoms with van der Waals surface area (Å²) in [6.07, 6.45) is 3.66. The number of nitrogens with zero attached hydrogens (tertiary/aromatic N) is 1. The van der Waals surface area contributed by atoms with Gasteiger partial charge in [-0.25, -0.2) is 0 Å². The topological polar surface area (TPSA) is 23.1 Å². The largest absolute Gasteiger partial charge is 0.633 e. The van der Waals surface area contributed by atoms with Crippen molar-refractivity contribution in [3.05, 3.63) is 5.21 Å². The molecule has 2 bridgehead atoms. The first-order valence-electron chi connectivity index (χ1n) is 5.66. The van der Waals surface area contributed by atoms with E-state index in [4.69, 9.17) is 0 Å². The van der Waals surface area contributed by atoms with Gasteiger partial charge in [-0.05, 0) is 18.3 Å². The van der Waals surface area contributed by atoms with E-state index in [1.807, 2.05) is 0 Å².